The Bertz CT molecular complexity index is 1320. The van der Waals surface area contributed by atoms with E-state index < -0.39 is 11.2 Å². The van der Waals surface area contributed by atoms with E-state index in [2.05, 4.69) is 22.1 Å². The molecule has 0 amide bonds. The highest BCUT2D eigenvalue weighted by atomic mass is 32.1. The Morgan fingerprint density at radius 1 is 1.11 bits per heavy atom. The van der Waals surface area contributed by atoms with Crippen LogP contribution < -0.4 is 11.2 Å². The van der Waals surface area contributed by atoms with Gasteiger partial charge in [-0.25, -0.2) is 4.79 Å². The van der Waals surface area contributed by atoms with Crippen LogP contribution in [0, 0.1) is 0 Å². The Labute approximate surface area is 156 Å². The summed E-state index contributed by atoms with van der Waals surface area (Å²) in [5.41, 5.74) is 1.22. The van der Waals surface area contributed by atoms with Crippen molar-refractivity contribution in [2.75, 3.05) is 0 Å². The highest BCUT2D eigenvalue weighted by Crippen LogP contribution is 2.38. The fraction of sp³-hybridized carbons (Fsp3) is 0.235. The summed E-state index contributed by atoms with van der Waals surface area (Å²) < 4.78 is 3.72. The molecule has 0 bridgehead atoms. The lowest BCUT2D eigenvalue weighted by atomic mass is 10.2. The maximum Gasteiger partial charge on any atom is 0.332 e. The van der Waals surface area contributed by atoms with Gasteiger partial charge in [-0.1, -0.05) is 30.4 Å². The molecule has 10 heteroatoms. The molecule has 4 rings (SSSR count). The lowest BCUT2D eigenvalue weighted by molar-refractivity contribution is 0.490. The van der Waals surface area contributed by atoms with Gasteiger partial charge < -0.3 is 5.11 Å². The van der Waals surface area contributed by atoms with Gasteiger partial charge in [0.1, 0.15) is 0 Å². The Balaban J connectivity index is 1.95. The molecule has 1 aromatic carbocycles. The van der Waals surface area contributed by atoms with E-state index in [1.807, 2.05) is 24.3 Å². The average molecular weight is 384 g/mol. The third-order valence-corrected chi connectivity index (χ3v) is 5.26. The van der Waals surface area contributed by atoms with Gasteiger partial charge in [0.25, 0.3) is 5.56 Å². The number of imidazole rings is 1. The van der Waals surface area contributed by atoms with E-state index in [-0.39, 0.29) is 22.0 Å². The average Bonchev–Trinajstić information content (AvgIpc) is 3.18. The Morgan fingerprint density at radius 2 is 1.81 bits per heavy atom. The van der Waals surface area contributed by atoms with E-state index in [4.69, 9.17) is 0 Å². The van der Waals surface area contributed by atoms with Crippen LogP contribution in [0.1, 0.15) is 12.5 Å². The van der Waals surface area contributed by atoms with Crippen LogP contribution in [0.2, 0.25) is 0 Å². The molecule has 3 heterocycles. The number of fused-ring (bicyclic) bond motifs is 3. The third-order valence-electron chi connectivity index (χ3n) is 4.42. The molecular weight excluding hydrogens is 368 g/mol. The fourth-order valence-corrected chi connectivity index (χ4v) is 3.66. The number of aromatic nitrogens is 4. The number of hydrogen-bond acceptors (Lipinski definition) is 7. The van der Waals surface area contributed by atoms with Crippen LogP contribution in [0.3, 0.4) is 0 Å². The first kappa shape index (κ1) is 17.2. The summed E-state index contributed by atoms with van der Waals surface area (Å²) in [4.78, 5) is 29.4. The van der Waals surface area contributed by atoms with Crippen molar-refractivity contribution in [1.29, 1.82) is 0 Å². The van der Waals surface area contributed by atoms with Crippen molar-refractivity contribution in [1.82, 2.24) is 18.5 Å². The van der Waals surface area contributed by atoms with Crippen LogP contribution in [0.5, 0.6) is 5.06 Å². The molecule has 138 valence electrons. The minimum atomic E-state index is -0.512. The monoisotopic (exact) mass is 384 g/mol. The summed E-state index contributed by atoms with van der Waals surface area (Å²) in [6.07, 6.45) is 0.923. The zero-order valence-electron chi connectivity index (χ0n) is 14.9. The van der Waals surface area contributed by atoms with Gasteiger partial charge in [0.2, 0.25) is 15.8 Å². The molecule has 0 saturated carbocycles. The van der Waals surface area contributed by atoms with Crippen molar-refractivity contribution in [2.45, 2.75) is 13.3 Å². The van der Waals surface area contributed by atoms with Gasteiger partial charge in [0, 0.05) is 14.1 Å². The quantitative estimate of drug-likeness (QED) is 0.548. The SMILES string of the molecule is CCc1ccc(N=Nc2c(O)sc3nc4c(c(=O)n(C)c(=O)n4C)n23)cc1. The standard InChI is InChI=1S/C17H16N6O3S/c1-4-9-5-7-10(8-6-9)19-20-13-15(25)27-16-18-12-11(23(13)16)14(24)22(3)17(26)21(12)2/h5-8,25H,4H2,1-3H3. The van der Waals surface area contributed by atoms with Gasteiger partial charge in [-0.2, -0.15) is 4.98 Å². The first-order valence-corrected chi connectivity index (χ1v) is 9.04. The number of azo groups is 1. The van der Waals surface area contributed by atoms with E-state index in [0.717, 1.165) is 22.3 Å². The van der Waals surface area contributed by atoms with Crippen LogP contribution in [-0.2, 0) is 20.5 Å². The number of rotatable bonds is 3. The predicted molar refractivity (Wildman–Crippen MR) is 103 cm³/mol. The highest BCUT2D eigenvalue weighted by molar-refractivity contribution is 7.19. The summed E-state index contributed by atoms with van der Waals surface area (Å²) in [6.45, 7) is 2.06. The molecule has 0 radical (unpaired) electrons. The zero-order valence-corrected chi connectivity index (χ0v) is 15.7. The van der Waals surface area contributed by atoms with Gasteiger partial charge in [0.15, 0.2) is 11.2 Å². The molecule has 27 heavy (non-hydrogen) atoms. The van der Waals surface area contributed by atoms with E-state index in [1.165, 1.54) is 28.6 Å². The summed E-state index contributed by atoms with van der Waals surface area (Å²) in [6, 6.07) is 7.57. The van der Waals surface area contributed by atoms with Crippen molar-refractivity contribution in [3.05, 3.63) is 50.7 Å². The minimum Gasteiger partial charge on any atom is -0.497 e. The number of aromatic hydroxyl groups is 1. The summed E-state index contributed by atoms with van der Waals surface area (Å²) in [7, 11) is 2.93. The van der Waals surface area contributed by atoms with Crippen LogP contribution >= 0.6 is 11.3 Å². The van der Waals surface area contributed by atoms with E-state index in [1.54, 1.807) is 0 Å². The number of benzene rings is 1. The van der Waals surface area contributed by atoms with Crippen molar-refractivity contribution < 1.29 is 5.11 Å². The predicted octanol–water partition coefficient (Wildman–Crippen LogP) is 2.63. The minimum absolute atomic E-state index is 0.104. The molecular formula is C17H16N6O3S. The lowest BCUT2D eigenvalue weighted by Gasteiger charge is -2.02. The molecule has 0 aliphatic heterocycles. The second-order valence-corrected chi connectivity index (χ2v) is 7.01. The molecule has 0 aliphatic carbocycles. The molecule has 0 unspecified atom stereocenters. The molecule has 0 atom stereocenters. The van der Waals surface area contributed by atoms with Crippen LogP contribution in [0.4, 0.5) is 11.5 Å². The number of thiazole rings is 1. The van der Waals surface area contributed by atoms with Crippen LogP contribution in [-0.4, -0.2) is 23.6 Å². The van der Waals surface area contributed by atoms with Gasteiger partial charge in [-0.15, -0.1) is 10.2 Å². The normalized spacial score (nSPS) is 12.0. The number of nitrogens with zero attached hydrogens (tertiary/aromatic N) is 6. The maximum absolute atomic E-state index is 12.6. The number of hydrogen-bond donors (Lipinski definition) is 1. The Morgan fingerprint density at radius 3 is 2.48 bits per heavy atom. The number of aryl methyl sites for hydroxylation is 2. The van der Waals surface area contributed by atoms with Crippen molar-refractivity contribution in [2.24, 2.45) is 24.3 Å². The third kappa shape index (κ3) is 2.56. The van der Waals surface area contributed by atoms with Gasteiger partial charge in [-0.05, 0) is 24.1 Å². The largest absolute Gasteiger partial charge is 0.497 e. The van der Waals surface area contributed by atoms with Crippen LogP contribution in [0.15, 0.2) is 44.1 Å². The molecule has 0 aliphatic rings. The molecule has 1 N–H and O–H groups in total. The first-order valence-electron chi connectivity index (χ1n) is 8.23. The van der Waals surface area contributed by atoms with Gasteiger partial charge in [0.05, 0.1) is 5.69 Å². The molecule has 0 spiro atoms. The smallest absolute Gasteiger partial charge is 0.332 e. The van der Waals surface area contributed by atoms with Crippen molar-refractivity contribution in [3.63, 3.8) is 0 Å². The van der Waals surface area contributed by atoms with E-state index in [0.29, 0.717) is 10.6 Å². The molecule has 9 nitrogen and oxygen atoms in total. The lowest BCUT2D eigenvalue weighted by Crippen LogP contribution is -2.37. The Kier molecular flexibility index (Phi) is 3.92. The topological polar surface area (TPSA) is 106 Å². The molecule has 4 aromatic rings. The van der Waals surface area contributed by atoms with Crippen molar-refractivity contribution >= 4 is 39.0 Å². The second-order valence-electron chi connectivity index (χ2n) is 6.06. The van der Waals surface area contributed by atoms with Crippen LogP contribution in [0.25, 0.3) is 16.1 Å². The Hall–Kier alpha value is -3.27. The molecule has 0 saturated heterocycles. The summed E-state index contributed by atoms with van der Waals surface area (Å²) in [5.74, 6) is 0.104. The van der Waals surface area contributed by atoms with E-state index in [9.17, 15) is 14.7 Å². The van der Waals surface area contributed by atoms with Gasteiger partial charge >= 0.3 is 5.69 Å². The first-order chi connectivity index (χ1) is 12.9. The van der Waals surface area contributed by atoms with Gasteiger partial charge in [-0.3, -0.25) is 18.3 Å². The highest BCUT2D eigenvalue weighted by Gasteiger charge is 2.21. The summed E-state index contributed by atoms with van der Waals surface area (Å²) in [5, 5.41) is 18.4. The maximum atomic E-state index is 12.6. The van der Waals surface area contributed by atoms with E-state index >= 15 is 0 Å². The molecule has 0 fully saturated rings. The zero-order chi connectivity index (χ0) is 19.3. The van der Waals surface area contributed by atoms with Crippen molar-refractivity contribution in [3.8, 4) is 5.06 Å². The molecule has 3 aromatic heterocycles. The second kappa shape index (κ2) is 6.16. The summed E-state index contributed by atoms with van der Waals surface area (Å²) >= 11 is 0.965. The fourth-order valence-electron chi connectivity index (χ4n) is 2.86.